The summed E-state index contributed by atoms with van der Waals surface area (Å²) in [5, 5.41) is 0. The van der Waals surface area contributed by atoms with Gasteiger partial charge in [-0.2, -0.15) is 0 Å². The molecule has 2 aromatic carbocycles. The minimum Gasteiger partial charge on any atom is -0.497 e. The SMILES string of the molecule is COc1ccc(C(=O)/C=C/C2=C([NH+]3CCCCC3)Cc3ccccc32)cc1. The third kappa shape index (κ3) is 3.74. The highest BCUT2D eigenvalue weighted by molar-refractivity contribution is 6.06. The van der Waals surface area contributed by atoms with E-state index in [4.69, 9.17) is 4.74 Å². The molecular formula is C24H26NO2+. The van der Waals surface area contributed by atoms with Crippen LogP contribution in [0.4, 0.5) is 0 Å². The fraction of sp³-hybridized carbons (Fsp3) is 0.292. The number of ether oxygens (including phenoxy) is 1. The Hall–Kier alpha value is -2.65. The molecule has 3 heteroatoms. The van der Waals surface area contributed by atoms with Crippen molar-refractivity contribution in [2.24, 2.45) is 0 Å². The summed E-state index contributed by atoms with van der Waals surface area (Å²) in [6, 6.07) is 15.9. The van der Waals surface area contributed by atoms with Gasteiger partial charge in [-0.25, -0.2) is 0 Å². The predicted octanol–water partition coefficient (Wildman–Crippen LogP) is 3.47. The number of piperidine rings is 1. The van der Waals surface area contributed by atoms with Gasteiger partial charge in [0.25, 0.3) is 0 Å². The number of hydrogen-bond acceptors (Lipinski definition) is 2. The van der Waals surface area contributed by atoms with E-state index in [1.807, 2.05) is 30.3 Å². The van der Waals surface area contributed by atoms with E-state index in [2.05, 4.69) is 24.3 Å². The number of rotatable bonds is 5. The molecule has 0 amide bonds. The minimum absolute atomic E-state index is 0.0301. The number of methoxy groups -OCH3 is 1. The number of likely N-dealkylation sites (tertiary alicyclic amines) is 1. The number of allylic oxidation sites excluding steroid dienone is 4. The molecule has 1 aliphatic carbocycles. The molecule has 4 rings (SSSR count). The lowest BCUT2D eigenvalue weighted by Gasteiger charge is -2.24. The quantitative estimate of drug-likeness (QED) is 0.654. The van der Waals surface area contributed by atoms with Crippen LogP contribution in [0.5, 0.6) is 5.75 Å². The van der Waals surface area contributed by atoms with Gasteiger partial charge in [0, 0.05) is 17.6 Å². The first-order valence-corrected chi connectivity index (χ1v) is 9.79. The van der Waals surface area contributed by atoms with Crippen molar-refractivity contribution in [1.29, 1.82) is 0 Å². The summed E-state index contributed by atoms with van der Waals surface area (Å²) in [4.78, 5) is 14.2. The van der Waals surface area contributed by atoms with E-state index < -0.39 is 0 Å². The molecule has 0 atom stereocenters. The number of ketones is 1. The molecule has 0 saturated carbocycles. The first kappa shape index (κ1) is 17.7. The third-order valence-corrected chi connectivity index (χ3v) is 5.66. The molecule has 1 heterocycles. The summed E-state index contributed by atoms with van der Waals surface area (Å²) >= 11 is 0. The lowest BCUT2D eigenvalue weighted by Crippen LogP contribution is -3.11. The number of hydrogen-bond donors (Lipinski definition) is 1. The maximum atomic E-state index is 12.6. The van der Waals surface area contributed by atoms with Gasteiger partial charge in [0.2, 0.25) is 0 Å². The van der Waals surface area contributed by atoms with E-state index in [0.29, 0.717) is 5.56 Å². The molecule has 1 saturated heterocycles. The van der Waals surface area contributed by atoms with Crippen molar-refractivity contribution in [3.05, 3.63) is 83.1 Å². The molecule has 1 aliphatic heterocycles. The van der Waals surface area contributed by atoms with Crippen LogP contribution in [0, 0.1) is 0 Å². The number of quaternary nitrogens is 1. The highest BCUT2D eigenvalue weighted by Crippen LogP contribution is 2.31. The van der Waals surface area contributed by atoms with Gasteiger partial charge < -0.3 is 9.64 Å². The summed E-state index contributed by atoms with van der Waals surface area (Å²) < 4.78 is 5.17. The summed E-state index contributed by atoms with van der Waals surface area (Å²) in [5.41, 5.74) is 6.04. The van der Waals surface area contributed by atoms with Crippen molar-refractivity contribution in [2.75, 3.05) is 20.2 Å². The summed E-state index contributed by atoms with van der Waals surface area (Å²) in [7, 11) is 1.63. The van der Waals surface area contributed by atoms with Crippen LogP contribution < -0.4 is 9.64 Å². The second-order valence-electron chi connectivity index (χ2n) is 7.32. The number of fused-ring (bicyclic) bond motifs is 1. The monoisotopic (exact) mass is 360 g/mol. The number of nitrogens with one attached hydrogen (secondary N) is 1. The molecule has 0 aromatic heterocycles. The zero-order chi connectivity index (χ0) is 18.6. The van der Waals surface area contributed by atoms with E-state index in [1.165, 1.54) is 54.7 Å². The average molecular weight is 360 g/mol. The average Bonchev–Trinajstić information content (AvgIpc) is 3.11. The largest absolute Gasteiger partial charge is 0.497 e. The van der Waals surface area contributed by atoms with Gasteiger partial charge in [-0.05, 0) is 66.8 Å². The molecule has 0 bridgehead atoms. The van der Waals surface area contributed by atoms with Crippen molar-refractivity contribution < 1.29 is 14.4 Å². The minimum atomic E-state index is 0.0301. The number of benzene rings is 2. The van der Waals surface area contributed by atoms with Crippen LogP contribution in [-0.4, -0.2) is 26.0 Å². The fourth-order valence-corrected chi connectivity index (χ4v) is 4.18. The number of carbonyl (C=O) groups is 1. The maximum absolute atomic E-state index is 12.6. The maximum Gasteiger partial charge on any atom is 0.185 e. The molecule has 138 valence electrons. The highest BCUT2D eigenvalue weighted by Gasteiger charge is 2.29. The highest BCUT2D eigenvalue weighted by atomic mass is 16.5. The molecule has 0 spiro atoms. The molecular weight excluding hydrogens is 334 g/mol. The third-order valence-electron chi connectivity index (χ3n) is 5.66. The summed E-state index contributed by atoms with van der Waals surface area (Å²) in [6.07, 6.45) is 8.68. The van der Waals surface area contributed by atoms with Gasteiger partial charge in [-0.15, -0.1) is 0 Å². The molecule has 0 unspecified atom stereocenters. The Kier molecular flexibility index (Phi) is 5.21. The van der Waals surface area contributed by atoms with E-state index >= 15 is 0 Å². The zero-order valence-electron chi connectivity index (χ0n) is 15.8. The van der Waals surface area contributed by atoms with Crippen LogP contribution in [0.25, 0.3) is 5.57 Å². The Morgan fingerprint density at radius 3 is 2.48 bits per heavy atom. The Bertz CT molecular complexity index is 887. The van der Waals surface area contributed by atoms with Crippen LogP contribution in [0.15, 0.2) is 66.4 Å². The fourth-order valence-electron chi connectivity index (χ4n) is 4.18. The van der Waals surface area contributed by atoms with E-state index in [1.54, 1.807) is 18.1 Å². The zero-order valence-corrected chi connectivity index (χ0v) is 15.8. The van der Waals surface area contributed by atoms with Crippen molar-refractivity contribution in [3.8, 4) is 5.75 Å². The lowest BCUT2D eigenvalue weighted by molar-refractivity contribution is -0.866. The topological polar surface area (TPSA) is 30.7 Å². The molecule has 3 nitrogen and oxygen atoms in total. The van der Waals surface area contributed by atoms with E-state index in [9.17, 15) is 4.79 Å². The number of carbonyl (C=O) groups excluding carboxylic acids is 1. The van der Waals surface area contributed by atoms with Crippen molar-refractivity contribution in [1.82, 2.24) is 0 Å². The summed E-state index contributed by atoms with van der Waals surface area (Å²) in [6.45, 7) is 2.40. The second-order valence-corrected chi connectivity index (χ2v) is 7.32. The van der Waals surface area contributed by atoms with Gasteiger partial charge >= 0.3 is 0 Å². The Balaban J connectivity index is 1.62. The Morgan fingerprint density at radius 1 is 1.00 bits per heavy atom. The van der Waals surface area contributed by atoms with Gasteiger partial charge in [-0.1, -0.05) is 24.3 Å². The van der Waals surface area contributed by atoms with E-state index in [0.717, 1.165) is 12.2 Å². The van der Waals surface area contributed by atoms with Crippen LogP contribution in [0.1, 0.15) is 40.7 Å². The van der Waals surface area contributed by atoms with Crippen LogP contribution in [0.2, 0.25) is 0 Å². The molecule has 27 heavy (non-hydrogen) atoms. The predicted molar refractivity (Wildman–Crippen MR) is 108 cm³/mol. The first-order valence-electron chi connectivity index (χ1n) is 9.79. The van der Waals surface area contributed by atoms with Crippen LogP contribution in [-0.2, 0) is 6.42 Å². The Morgan fingerprint density at radius 2 is 1.74 bits per heavy atom. The summed E-state index contributed by atoms with van der Waals surface area (Å²) in [5.74, 6) is 0.793. The molecule has 1 N–H and O–H groups in total. The smallest absolute Gasteiger partial charge is 0.185 e. The second kappa shape index (κ2) is 7.93. The van der Waals surface area contributed by atoms with E-state index in [-0.39, 0.29) is 5.78 Å². The molecule has 1 fully saturated rings. The first-order chi connectivity index (χ1) is 13.3. The molecule has 2 aromatic rings. The van der Waals surface area contributed by atoms with Gasteiger partial charge in [0.15, 0.2) is 5.78 Å². The normalized spacial score (nSPS) is 17.4. The van der Waals surface area contributed by atoms with Gasteiger partial charge in [0.1, 0.15) is 11.4 Å². The van der Waals surface area contributed by atoms with Crippen LogP contribution >= 0.6 is 0 Å². The molecule has 0 radical (unpaired) electrons. The van der Waals surface area contributed by atoms with Crippen molar-refractivity contribution in [3.63, 3.8) is 0 Å². The molecule has 2 aliphatic rings. The van der Waals surface area contributed by atoms with Crippen molar-refractivity contribution in [2.45, 2.75) is 25.7 Å². The lowest BCUT2D eigenvalue weighted by atomic mass is 10.0. The van der Waals surface area contributed by atoms with Gasteiger partial charge in [-0.3, -0.25) is 4.79 Å². The van der Waals surface area contributed by atoms with Gasteiger partial charge in [0.05, 0.1) is 20.2 Å². The standard InChI is InChI=1S/C24H25NO2/c1-27-20-11-9-18(10-12-20)24(26)14-13-22-21-8-4-3-7-19(21)17-23(22)25-15-5-2-6-16-25/h3-4,7-14H,2,5-6,15-17H2,1H3/p+1/b14-13+. The Labute approximate surface area is 161 Å². The van der Waals surface area contributed by atoms with Crippen LogP contribution in [0.3, 0.4) is 0 Å². The van der Waals surface area contributed by atoms with Crippen molar-refractivity contribution >= 4 is 11.4 Å².